The summed E-state index contributed by atoms with van der Waals surface area (Å²) in [6.45, 7) is 23.7. The zero-order chi connectivity index (χ0) is 56.1. The van der Waals surface area contributed by atoms with E-state index in [1.54, 1.807) is 0 Å². The predicted molar refractivity (Wildman–Crippen MR) is 352 cm³/mol. The fourth-order valence-electron chi connectivity index (χ4n) is 15.9. The molecule has 0 heterocycles. The van der Waals surface area contributed by atoms with Crippen molar-refractivity contribution in [3.8, 4) is 0 Å². The van der Waals surface area contributed by atoms with Crippen LogP contribution in [0, 0.1) is 81.8 Å². The van der Waals surface area contributed by atoms with E-state index in [0.717, 1.165) is 122 Å². The lowest BCUT2D eigenvalue weighted by atomic mass is 9.87. The average molecular weight is 1190 g/mol. The van der Waals surface area contributed by atoms with E-state index < -0.39 is 32.4 Å². The molecule has 9 rings (SSSR count). The topological polar surface area (TPSA) is 51.2 Å². The van der Waals surface area contributed by atoms with Crippen LogP contribution in [0.2, 0.25) is 0 Å². The van der Waals surface area contributed by atoms with Crippen LogP contribution in [0.1, 0.15) is 172 Å². The van der Waals surface area contributed by atoms with Crippen molar-refractivity contribution in [2.75, 3.05) is 23.0 Å². The first-order valence-corrected chi connectivity index (χ1v) is 38.0. The summed E-state index contributed by atoms with van der Waals surface area (Å²) in [4.78, 5) is 4.19. The number of fused-ring (bicyclic) bond motifs is 3. The summed E-state index contributed by atoms with van der Waals surface area (Å²) in [5.74, 6) is 13.5. The summed E-state index contributed by atoms with van der Waals surface area (Å²) in [7, 11) is -2.83. The highest BCUT2D eigenvalue weighted by Gasteiger charge is 2.56. The molecule has 436 valence electrons. The van der Waals surface area contributed by atoms with Crippen LogP contribution < -0.4 is 0 Å². The number of benzene rings is 3. The second kappa shape index (κ2) is 30.9. The Morgan fingerprint density at radius 1 is 0.462 bits per heavy atom. The van der Waals surface area contributed by atoms with Gasteiger partial charge in [-0.15, -0.1) is 0 Å². The van der Waals surface area contributed by atoms with Crippen molar-refractivity contribution in [1.29, 1.82) is 0 Å². The summed E-state index contributed by atoms with van der Waals surface area (Å²) in [5, 5.41) is 1.54. The van der Waals surface area contributed by atoms with E-state index in [2.05, 4.69) is 173 Å². The third-order valence-corrected chi connectivity index (χ3v) is 29.4. The van der Waals surface area contributed by atoms with Crippen molar-refractivity contribution in [2.45, 2.75) is 208 Å². The van der Waals surface area contributed by atoms with Gasteiger partial charge in [-0.05, 0) is 205 Å². The lowest BCUT2D eigenvalue weighted by Gasteiger charge is -2.31. The maximum atomic E-state index is 14.1. The SMILES string of the molecule is CC(C)(CCS)CCS.CCC1CC(CC)C2C1CC(S(=O)c1ccccc1)C2SCCC(C)(C)CCSC1C2C(CC)CC(CC)C2CC1S(=O)c1ccccc1.CCC1CC(CC)C2CC(S(=O)c3ccccc3)=CC12. The van der Waals surface area contributed by atoms with Crippen LogP contribution in [0.3, 0.4) is 0 Å². The summed E-state index contributed by atoms with van der Waals surface area (Å²) >= 11 is 12.7. The van der Waals surface area contributed by atoms with Gasteiger partial charge in [0.15, 0.2) is 0 Å². The maximum absolute atomic E-state index is 14.1. The molecule has 0 radical (unpaired) electrons. The molecule has 3 aromatic carbocycles. The molecule has 10 heteroatoms. The molecule has 0 spiro atoms. The van der Waals surface area contributed by atoms with E-state index in [0.29, 0.717) is 21.8 Å². The van der Waals surface area contributed by atoms with Crippen molar-refractivity contribution >= 4 is 81.2 Å². The molecular weight excluding hydrogens is 1090 g/mol. The highest BCUT2D eigenvalue weighted by molar-refractivity contribution is 8.01. The fourth-order valence-corrected chi connectivity index (χ4v) is 26.6. The predicted octanol–water partition coefficient (Wildman–Crippen LogP) is 19.0. The van der Waals surface area contributed by atoms with E-state index in [1.165, 1.54) is 88.4 Å². The lowest BCUT2D eigenvalue weighted by molar-refractivity contribution is 0.324. The molecule has 6 aliphatic rings. The van der Waals surface area contributed by atoms with Gasteiger partial charge in [-0.25, -0.2) is 4.21 Å². The van der Waals surface area contributed by atoms with Gasteiger partial charge in [-0.2, -0.15) is 48.8 Å². The summed E-state index contributed by atoms with van der Waals surface area (Å²) in [6.07, 6.45) is 22.2. The molecule has 3 aromatic rings. The Hall–Kier alpha value is -0.750. The quantitative estimate of drug-likeness (QED) is 0.0876. The van der Waals surface area contributed by atoms with Crippen LogP contribution in [0.25, 0.3) is 0 Å². The Balaban J connectivity index is 0.000000248. The van der Waals surface area contributed by atoms with Crippen LogP contribution in [0.15, 0.2) is 117 Å². The Bertz CT molecular complexity index is 2250. The fraction of sp³-hybridized carbons (Fsp3) is 0.706. The minimum atomic E-state index is -0.943. The molecule has 0 N–H and O–H groups in total. The summed E-state index contributed by atoms with van der Waals surface area (Å²) < 4.78 is 40.9. The summed E-state index contributed by atoms with van der Waals surface area (Å²) in [5.41, 5.74) is 0.708. The van der Waals surface area contributed by atoms with Gasteiger partial charge in [0, 0.05) is 30.1 Å². The second-order valence-electron chi connectivity index (χ2n) is 26.1. The molecule has 19 atom stereocenters. The van der Waals surface area contributed by atoms with Gasteiger partial charge in [0.1, 0.15) is 0 Å². The van der Waals surface area contributed by atoms with Gasteiger partial charge in [0.05, 0.1) is 42.9 Å². The zero-order valence-electron chi connectivity index (χ0n) is 49.8. The standard InChI is InChI=1S/C43H64O2S4.C18H24OS.C7H16S2/c1-7-29-25-31(9-3)39-35(29)27-37(48(44)33-17-13-11-14-18-33)41(39)46-23-21-43(5,6)22-24-47-42-38(49(45)34-19-15-12-16-20-34)28-36-30(8-2)26-32(10-4)40(36)42;1-3-13-10-14(4-2)18-12-16(11-17(13)18)20(19)15-8-6-5-7-9-15;1-7(2,3-5-8)4-6-9/h11-20,29-32,35-42H,7-10,21-28H2,1-6H3;5-9,11,13-14,17-18H,3-4,10,12H2,1-2H3;8-9H,3-6H2,1-2H3. The van der Waals surface area contributed by atoms with Gasteiger partial charge >= 0.3 is 0 Å². The molecular formula is C68H104O3S7. The molecule has 0 aromatic heterocycles. The molecule has 6 aliphatic carbocycles. The monoisotopic (exact) mass is 1190 g/mol. The first kappa shape index (κ1) is 64.8. The van der Waals surface area contributed by atoms with Gasteiger partial charge in [-0.3, -0.25) is 8.42 Å². The minimum absolute atomic E-state index is 0.260. The van der Waals surface area contributed by atoms with Crippen LogP contribution >= 0.6 is 48.8 Å². The van der Waals surface area contributed by atoms with E-state index >= 15 is 0 Å². The second-order valence-corrected chi connectivity index (χ2v) is 34.4. The van der Waals surface area contributed by atoms with Gasteiger partial charge in [0.2, 0.25) is 0 Å². The van der Waals surface area contributed by atoms with E-state index in [9.17, 15) is 12.6 Å². The zero-order valence-corrected chi connectivity index (χ0v) is 55.6. The van der Waals surface area contributed by atoms with Crippen LogP contribution in [-0.2, 0) is 32.4 Å². The first-order chi connectivity index (χ1) is 37.6. The number of hydrogen-bond donors (Lipinski definition) is 2. The molecule has 5 fully saturated rings. The number of allylic oxidation sites excluding steroid dienone is 2. The maximum Gasteiger partial charge on any atom is 0.0805 e. The van der Waals surface area contributed by atoms with Crippen LogP contribution in [0.4, 0.5) is 0 Å². The van der Waals surface area contributed by atoms with Crippen molar-refractivity contribution in [1.82, 2.24) is 0 Å². The number of thioether (sulfide) groups is 2. The van der Waals surface area contributed by atoms with E-state index in [-0.39, 0.29) is 15.9 Å². The van der Waals surface area contributed by atoms with E-state index in [4.69, 9.17) is 0 Å². The molecule has 19 unspecified atom stereocenters. The molecule has 0 saturated heterocycles. The Morgan fingerprint density at radius 2 is 0.821 bits per heavy atom. The van der Waals surface area contributed by atoms with Gasteiger partial charge < -0.3 is 0 Å². The minimum Gasteiger partial charge on any atom is -0.254 e. The van der Waals surface area contributed by atoms with Crippen molar-refractivity contribution in [3.63, 3.8) is 0 Å². The third-order valence-electron chi connectivity index (χ3n) is 20.7. The molecule has 0 bridgehead atoms. The highest BCUT2D eigenvalue weighted by atomic mass is 32.2. The normalized spacial score (nSPS) is 33.2. The molecule has 78 heavy (non-hydrogen) atoms. The highest BCUT2D eigenvalue weighted by Crippen LogP contribution is 2.60. The van der Waals surface area contributed by atoms with Crippen molar-refractivity contribution in [3.05, 3.63) is 102 Å². The Labute approximate surface area is 504 Å². The Morgan fingerprint density at radius 3 is 1.21 bits per heavy atom. The number of thiol groups is 2. The molecule has 0 amide bonds. The number of hydrogen-bond acceptors (Lipinski definition) is 7. The van der Waals surface area contributed by atoms with Crippen molar-refractivity contribution in [2.24, 2.45) is 81.8 Å². The largest absolute Gasteiger partial charge is 0.254 e. The van der Waals surface area contributed by atoms with Gasteiger partial charge in [0.25, 0.3) is 0 Å². The number of rotatable bonds is 24. The van der Waals surface area contributed by atoms with Crippen molar-refractivity contribution < 1.29 is 12.6 Å². The third kappa shape index (κ3) is 16.0. The molecule has 5 saturated carbocycles. The van der Waals surface area contributed by atoms with E-state index in [1.807, 2.05) is 42.5 Å². The van der Waals surface area contributed by atoms with Crippen LogP contribution in [0.5, 0.6) is 0 Å². The van der Waals surface area contributed by atoms with Crippen LogP contribution in [-0.4, -0.2) is 56.6 Å². The molecule has 3 nitrogen and oxygen atoms in total. The van der Waals surface area contributed by atoms with Gasteiger partial charge in [-0.1, -0.05) is 168 Å². The molecule has 0 aliphatic heterocycles. The lowest BCUT2D eigenvalue weighted by Crippen LogP contribution is -2.31. The summed E-state index contributed by atoms with van der Waals surface area (Å²) in [6, 6.07) is 30.6. The Kier molecular flexibility index (Phi) is 25.7. The average Bonchev–Trinajstić information content (AvgIpc) is 4.44. The first-order valence-electron chi connectivity index (χ1n) is 31.1. The smallest absolute Gasteiger partial charge is 0.0805 e.